The second-order valence-corrected chi connectivity index (χ2v) is 5.20. The molecule has 0 aromatic rings. The molecule has 0 saturated carbocycles. The van der Waals surface area contributed by atoms with Gasteiger partial charge in [0, 0.05) is 24.5 Å². The van der Waals surface area contributed by atoms with Gasteiger partial charge in [-0.05, 0) is 19.4 Å². The summed E-state index contributed by atoms with van der Waals surface area (Å²) < 4.78 is 5.56. The molecule has 2 fully saturated rings. The fourth-order valence-corrected chi connectivity index (χ4v) is 2.47. The van der Waals surface area contributed by atoms with Gasteiger partial charge in [0.25, 0.3) is 0 Å². The quantitative estimate of drug-likeness (QED) is 0.678. The zero-order valence-electron chi connectivity index (χ0n) is 10.3. The first-order chi connectivity index (χ1) is 7.58. The van der Waals surface area contributed by atoms with E-state index >= 15 is 0 Å². The highest BCUT2D eigenvalue weighted by molar-refractivity contribution is 5.91. The van der Waals surface area contributed by atoms with Crippen LogP contribution < -0.4 is 0 Å². The molecule has 2 unspecified atom stereocenters. The second kappa shape index (κ2) is 4.68. The Morgan fingerprint density at radius 2 is 2.19 bits per heavy atom. The SMILES string of the molecule is CC(C)C(=O)/C=C/C(C)N1C[C@@H]2CC1CO2. The van der Waals surface area contributed by atoms with Crippen LogP contribution in [0, 0.1) is 5.92 Å². The molecule has 0 aromatic heterocycles. The third-order valence-electron chi connectivity index (χ3n) is 3.57. The Kier molecular flexibility index (Phi) is 3.45. The Labute approximate surface area is 97.5 Å². The molecular weight excluding hydrogens is 202 g/mol. The number of likely N-dealkylation sites (tertiary alicyclic amines) is 1. The van der Waals surface area contributed by atoms with Crippen LogP contribution in [0.25, 0.3) is 0 Å². The number of carbonyl (C=O) groups is 1. The summed E-state index contributed by atoms with van der Waals surface area (Å²) in [5.74, 6) is 0.314. The minimum Gasteiger partial charge on any atom is -0.375 e. The summed E-state index contributed by atoms with van der Waals surface area (Å²) in [5, 5.41) is 0. The van der Waals surface area contributed by atoms with Crippen molar-refractivity contribution >= 4 is 5.78 Å². The van der Waals surface area contributed by atoms with Crippen molar-refractivity contribution in [2.24, 2.45) is 5.92 Å². The maximum atomic E-state index is 11.5. The molecule has 2 saturated heterocycles. The molecule has 2 heterocycles. The van der Waals surface area contributed by atoms with Crippen molar-refractivity contribution in [2.45, 2.75) is 45.4 Å². The highest BCUT2D eigenvalue weighted by atomic mass is 16.5. The van der Waals surface area contributed by atoms with Gasteiger partial charge in [-0.15, -0.1) is 0 Å². The number of nitrogens with zero attached hydrogens (tertiary/aromatic N) is 1. The standard InChI is InChI=1S/C13H21NO2/c1-9(2)13(15)5-4-10(3)14-7-12-6-11(14)8-16-12/h4-5,9-12H,6-8H2,1-3H3/b5-4+/t10?,11?,12-/m0/s1. The number of hydrogen-bond donors (Lipinski definition) is 0. The monoisotopic (exact) mass is 223 g/mol. The van der Waals surface area contributed by atoms with E-state index in [9.17, 15) is 4.79 Å². The van der Waals surface area contributed by atoms with Crippen LogP contribution in [0.5, 0.6) is 0 Å². The summed E-state index contributed by atoms with van der Waals surface area (Å²) in [6, 6.07) is 0.917. The second-order valence-electron chi connectivity index (χ2n) is 5.20. The van der Waals surface area contributed by atoms with Gasteiger partial charge in [-0.3, -0.25) is 9.69 Å². The van der Waals surface area contributed by atoms with Crippen LogP contribution in [0.2, 0.25) is 0 Å². The number of ketones is 1. The number of rotatable bonds is 4. The van der Waals surface area contributed by atoms with Crippen LogP contribution in [0.4, 0.5) is 0 Å². The molecule has 0 aliphatic carbocycles. The van der Waals surface area contributed by atoms with E-state index in [4.69, 9.17) is 4.74 Å². The van der Waals surface area contributed by atoms with Crippen molar-refractivity contribution in [3.8, 4) is 0 Å². The molecule has 0 aromatic carbocycles. The van der Waals surface area contributed by atoms with Crippen molar-refractivity contribution in [1.29, 1.82) is 0 Å². The van der Waals surface area contributed by atoms with E-state index in [2.05, 4.69) is 11.8 Å². The molecule has 3 heteroatoms. The van der Waals surface area contributed by atoms with E-state index in [1.54, 1.807) is 6.08 Å². The van der Waals surface area contributed by atoms with Gasteiger partial charge in [-0.25, -0.2) is 0 Å². The average molecular weight is 223 g/mol. The lowest BCUT2D eigenvalue weighted by molar-refractivity contribution is -0.117. The minimum absolute atomic E-state index is 0.0989. The molecule has 2 bridgehead atoms. The fourth-order valence-electron chi connectivity index (χ4n) is 2.47. The predicted molar refractivity (Wildman–Crippen MR) is 63.3 cm³/mol. The molecule has 16 heavy (non-hydrogen) atoms. The van der Waals surface area contributed by atoms with E-state index in [1.807, 2.05) is 19.9 Å². The van der Waals surface area contributed by atoms with Crippen LogP contribution in [0.1, 0.15) is 27.2 Å². The first kappa shape index (κ1) is 11.8. The molecule has 3 nitrogen and oxygen atoms in total. The molecule has 2 aliphatic rings. The summed E-state index contributed by atoms with van der Waals surface area (Å²) in [6.45, 7) is 7.91. The van der Waals surface area contributed by atoms with E-state index < -0.39 is 0 Å². The Bertz CT molecular complexity index is 298. The Balaban J connectivity index is 1.89. The van der Waals surface area contributed by atoms with E-state index in [1.165, 1.54) is 0 Å². The summed E-state index contributed by atoms with van der Waals surface area (Å²) in [6.07, 6.45) is 5.36. The number of morpholine rings is 1. The summed E-state index contributed by atoms with van der Waals surface area (Å²) >= 11 is 0. The maximum Gasteiger partial charge on any atom is 0.157 e. The Morgan fingerprint density at radius 1 is 1.44 bits per heavy atom. The minimum atomic E-state index is 0.0989. The molecule has 0 spiro atoms. The topological polar surface area (TPSA) is 29.5 Å². The van der Waals surface area contributed by atoms with Crippen molar-refractivity contribution in [3.05, 3.63) is 12.2 Å². The molecule has 2 aliphatic heterocycles. The van der Waals surface area contributed by atoms with E-state index in [-0.39, 0.29) is 11.7 Å². The smallest absolute Gasteiger partial charge is 0.157 e. The molecule has 2 rings (SSSR count). The zero-order chi connectivity index (χ0) is 11.7. The number of hydrogen-bond acceptors (Lipinski definition) is 3. The molecule has 90 valence electrons. The molecule has 0 amide bonds. The number of carbonyl (C=O) groups excluding carboxylic acids is 1. The van der Waals surface area contributed by atoms with Gasteiger partial charge >= 0.3 is 0 Å². The van der Waals surface area contributed by atoms with Gasteiger partial charge in [0.15, 0.2) is 5.78 Å². The highest BCUT2D eigenvalue weighted by Gasteiger charge is 2.40. The Morgan fingerprint density at radius 3 is 2.69 bits per heavy atom. The predicted octanol–water partition coefficient (Wildman–Crippen LogP) is 1.63. The fraction of sp³-hybridized carbons (Fsp3) is 0.769. The van der Waals surface area contributed by atoms with Gasteiger partial charge in [0.1, 0.15) is 0 Å². The molecule has 0 N–H and O–H groups in total. The van der Waals surface area contributed by atoms with Gasteiger partial charge < -0.3 is 4.74 Å². The van der Waals surface area contributed by atoms with Crippen molar-refractivity contribution in [3.63, 3.8) is 0 Å². The third-order valence-corrected chi connectivity index (χ3v) is 3.57. The molecule has 0 radical (unpaired) electrons. The molecule has 3 atom stereocenters. The van der Waals surface area contributed by atoms with Crippen LogP contribution in [0.15, 0.2) is 12.2 Å². The van der Waals surface area contributed by atoms with Crippen molar-refractivity contribution in [1.82, 2.24) is 4.90 Å². The van der Waals surface area contributed by atoms with E-state index in [0.29, 0.717) is 18.2 Å². The van der Waals surface area contributed by atoms with Crippen molar-refractivity contribution in [2.75, 3.05) is 13.2 Å². The lowest BCUT2D eigenvalue weighted by Crippen LogP contribution is -2.42. The van der Waals surface area contributed by atoms with E-state index in [0.717, 1.165) is 19.6 Å². The number of fused-ring (bicyclic) bond motifs is 2. The van der Waals surface area contributed by atoms with Crippen LogP contribution in [-0.4, -0.2) is 42.0 Å². The zero-order valence-corrected chi connectivity index (χ0v) is 10.3. The van der Waals surface area contributed by atoms with Crippen LogP contribution in [0.3, 0.4) is 0 Å². The number of allylic oxidation sites excluding steroid dienone is 1. The first-order valence-corrected chi connectivity index (χ1v) is 6.17. The van der Waals surface area contributed by atoms with Crippen LogP contribution in [-0.2, 0) is 9.53 Å². The third kappa shape index (κ3) is 2.36. The summed E-state index contributed by atoms with van der Waals surface area (Å²) in [4.78, 5) is 13.9. The van der Waals surface area contributed by atoms with Gasteiger partial charge in [0.05, 0.1) is 12.7 Å². The van der Waals surface area contributed by atoms with Gasteiger partial charge in [-0.2, -0.15) is 0 Å². The maximum absolute atomic E-state index is 11.5. The van der Waals surface area contributed by atoms with Crippen LogP contribution >= 0.6 is 0 Å². The van der Waals surface area contributed by atoms with Gasteiger partial charge in [-0.1, -0.05) is 19.9 Å². The lowest BCUT2D eigenvalue weighted by atomic mass is 10.1. The highest BCUT2D eigenvalue weighted by Crippen LogP contribution is 2.29. The average Bonchev–Trinajstić information content (AvgIpc) is 2.86. The summed E-state index contributed by atoms with van der Waals surface area (Å²) in [5.41, 5.74) is 0. The van der Waals surface area contributed by atoms with Gasteiger partial charge in [0.2, 0.25) is 0 Å². The largest absolute Gasteiger partial charge is 0.375 e. The Hall–Kier alpha value is -0.670. The lowest BCUT2D eigenvalue weighted by Gasteiger charge is -2.30. The number of ether oxygens (including phenoxy) is 1. The first-order valence-electron chi connectivity index (χ1n) is 6.17. The molecular formula is C13H21NO2. The van der Waals surface area contributed by atoms with Crippen molar-refractivity contribution < 1.29 is 9.53 Å². The normalized spacial score (nSPS) is 31.8. The summed E-state index contributed by atoms with van der Waals surface area (Å²) in [7, 11) is 0.